The molecule has 0 spiro atoms. The molecule has 2 amide bonds. The summed E-state index contributed by atoms with van der Waals surface area (Å²) >= 11 is 1.55. The number of hydrogen-bond donors (Lipinski definition) is 2. The monoisotopic (exact) mass is 332 g/mol. The maximum atomic E-state index is 12.4. The number of benzene rings is 1. The fraction of sp³-hybridized carbons (Fsp3) is 0.353. The van der Waals surface area contributed by atoms with Gasteiger partial charge in [-0.15, -0.1) is 0 Å². The van der Waals surface area contributed by atoms with E-state index in [0.717, 1.165) is 36.6 Å². The molecule has 1 saturated heterocycles. The first-order chi connectivity index (χ1) is 11.0. The number of piperazine rings is 1. The fourth-order valence-electron chi connectivity index (χ4n) is 2.41. The molecule has 1 heterocycles. The van der Waals surface area contributed by atoms with Crippen LogP contribution in [0.1, 0.15) is 12.5 Å². The highest BCUT2D eigenvalue weighted by molar-refractivity contribution is 8.10. The van der Waals surface area contributed by atoms with Crippen LogP contribution >= 0.6 is 11.8 Å². The van der Waals surface area contributed by atoms with Crippen LogP contribution in [0.2, 0.25) is 0 Å². The zero-order valence-electron chi connectivity index (χ0n) is 13.7. The first-order valence-corrected chi connectivity index (χ1v) is 8.51. The van der Waals surface area contributed by atoms with E-state index in [-0.39, 0.29) is 6.03 Å². The summed E-state index contributed by atoms with van der Waals surface area (Å²) in [5.41, 5.74) is 8.24. The number of allylic oxidation sites excluding steroid dienone is 1. The van der Waals surface area contributed by atoms with Crippen LogP contribution < -0.4 is 11.1 Å². The number of carbonyl (C=O) groups excluding carboxylic acids is 1. The Bertz CT molecular complexity index is 607. The Kier molecular flexibility index (Phi) is 6.12. The molecule has 0 atom stereocenters. The lowest BCUT2D eigenvalue weighted by atomic mass is 10.1. The minimum Gasteiger partial charge on any atom is -0.397 e. The van der Waals surface area contributed by atoms with Crippen LogP contribution in [-0.2, 0) is 0 Å². The predicted octanol–water partition coefficient (Wildman–Crippen LogP) is 3.29. The maximum Gasteiger partial charge on any atom is 0.321 e. The molecule has 0 aromatic heterocycles. The van der Waals surface area contributed by atoms with Gasteiger partial charge in [-0.1, -0.05) is 30.5 Å². The molecule has 5 nitrogen and oxygen atoms in total. The second-order valence-corrected chi connectivity index (χ2v) is 6.47. The summed E-state index contributed by atoms with van der Waals surface area (Å²) in [6.45, 7) is 8.97. The van der Waals surface area contributed by atoms with Crippen LogP contribution in [0, 0.1) is 0 Å². The number of anilines is 2. The first-order valence-electron chi connectivity index (χ1n) is 7.63. The number of nitrogens with two attached hydrogens (primary N) is 1. The highest BCUT2D eigenvalue weighted by atomic mass is 32.2. The highest BCUT2D eigenvalue weighted by Gasteiger charge is 2.19. The van der Waals surface area contributed by atoms with Gasteiger partial charge in [-0.3, -0.25) is 0 Å². The molecule has 2 rings (SSSR count). The van der Waals surface area contributed by atoms with Crippen molar-refractivity contribution >= 4 is 34.1 Å². The van der Waals surface area contributed by atoms with Crippen molar-refractivity contribution in [1.29, 1.82) is 0 Å². The molecule has 0 radical (unpaired) electrons. The van der Waals surface area contributed by atoms with E-state index in [4.69, 9.17) is 5.73 Å². The molecule has 1 aromatic carbocycles. The summed E-state index contributed by atoms with van der Waals surface area (Å²) in [7, 11) is 2.06. The number of rotatable bonds is 4. The Hall–Kier alpha value is -1.92. The second-order valence-electron chi connectivity index (χ2n) is 5.46. The Balaban J connectivity index is 2.12. The van der Waals surface area contributed by atoms with Crippen molar-refractivity contribution in [2.75, 3.05) is 44.3 Å². The van der Waals surface area contributed by atoms with Crippen molar-refractivity contribution in [1.82, 2.24) is 9.80 Å². The molecule has 0 aliphatic carbocycles. The quantitative estimate of drug-likeness (QED) is 0.831. The van der Waals surface area contributed by atoms with Crippen LogP contribution in [0.4, 0.5) is 16.2 Å². The molecule has 0 bridgehead atoms. The van der Waals surface area contributed by atoms with E-state index < -0.39 is 0 Å². The van der Waals surface area contributed by atoms with Crippen LogP contribution in [0.15, 0.2) is 36.3 Å². The van der Waals surface area contributed by atoms with Gasteiger partial charge in [0.1, 0.15) is 0 Å². The number of hydrogen-bond acceptors (Lipinski definition) is 4. The van der Waals surface area contributed by atoms with Gasteiger partial charge in [-0.05, 0) is 37.1 Å². The standard InChI is InChI=1S/C17H24N4OS/c1-4-16(23-5-2)13-6-7-14(18)15(12-13)19-17(22)21-10-8-20(3)9-11-21/h4-7,12H,2,8-11,18H2,1,3H3,(H,19,22)/b16-4-. The molecule has 0 saturated carbocycles. The van der Waals surface area contributed by atoms with Gasteiger partial charge < -0.3 is 20.9 Å². The lowest BCUT2D eigenvalue weighted by molar-refractivity contribution is 0.164. The molecule has 1 fully saturated rings. The van der Waals surface area contributed by atoms with Gasteiger partial charge in [0.05, 0.1) is 11.4 Å². The van der Waals surface area contributed by atoms with Crippen molar-refractivity contribution in [3.63, 3.8) is 0 Å². The molecular weight excluding hydrogens is 308 g/mol. The zero-order valence-corrected chi connectivity index (χ0v) is 14.5. The summed E-state index contributed by atoms with van der Waals surface area (Å²) in [6, 6.07) is 5.59. The fourth-order valence-corrected chi connectivity index (χ4v) is 2.99. The summed E-state index contributed by atoms with van der Waals surface area (Å²) in [5.74, 6) is 0. The first kappa shape index (κ1) is 17.4. The van der Waals surface area contributed by atoms with Crippen LogP contribution in [0.3, 0.4) is 0 Å². The summed E-state index contributed by atoms with van der Waals surface area (Å²) < 4.78 is 0. The van der Waals surface area contributed by atoms with E-state index in [1.165, 1.54) is 0 Å². The van der Waals surface area contributed by atoms with Gasteiger partial charge in [-0.2, -0.15) is 0 Å². The van der Waals surface area contributed by atoms with Gasteiger partial charge in [0.2, 0.25) is 0 Å². The number of carbonyl (C=O) groups is 1. The molecule has 23 heavy (non-hydrogen) atoms. The van der Waals surface area contributed by atoms with Gasteiger partial charge >= 0.3 is 6.03 Å². The molecule has 3 N–H and O–H groups in total. The minimum atomic E-state index is -0.0969. The average molecular weight is 332 g/mol. The predicted molar refractivity (Wildman–Crippen MR) is 100 cm³/mol. The van der Waals surface area contributed by atoms with Gasteiger partial charge in [0.15, 0.2) is 0 Å². The Labute approximate surface area is 142 Å². The van der Waals surface area contributed by atoms with E-state index in [9.17, 15) is 4.79 Å². The van der Waals surface area contributed by atoms with E-state index in [0.29, 0.717) is 11.4 Å². The van der Waals surface area contributed by atoms with Crippen molar-refractivity contribution < 1.29 is 4.79 Å². The summed E-state index contributed by atoms with van der Waals surface area (Å²) in [4.78, 5) is 17.5. The largest absolute Gasteiger partial charge is 0.397 e. The lowest BCUT2D eigenvalue weighted by Gasteiger charge is -2.32. The lowest BCUT2D eigenvalue weighted by Crippen LogP contribution is -2.48. The molecule has 6 heteroatoms. The molecule has 1 aliphatic rings. The second kappa shape index (κ2) is 8.08. The number of urea groups is 1. The summed E-state index contributed by atoms with van der Waals surface area (Å²) in [5, 5.41) is 4.72. The third kappa shape index (κ3) is 4.53. The summed E-state index contributed by atoms with van der Waals surface area (Å²) in [6.07, 6.45) is 2.02. The maximum absolute atomic E-state index is 12.4. The number of likely N-dealkylation sites (N-methyl/N-ethyl adjacent to an activating group) is 1. The van der Waals surface area contributed by atoms with Crippen molar-refractivity contribution in [2.24, 2.45) is 0 Å². The van der Waals surface area contributed by atoms with Crippen molar-refractivity contribution in [2.45, 2.75) is 6.92 Å². The Morgan fingerprint density at radius 3 is 2.65 bits per heavy atom. The smallest absolute Gasteiger partial charge is 0.321 e. The third-order valence-electron chi connectivity index (χ3n) is 3.84. The number of amides is 2. The van der Waals surface area contributed by atoms with Gasteiger partial charge in [0, 0.05) is 31.1 Å². The molecular formula is C17H24N4OS. The normalized spacial score (nSPS) is 16.3. The number of nitrogen functional groups attached to an aromatic ring is 1. The molecule has 1 aliphatic heterocycles. The van der Waals surface area contributed by atoms with Crippen LogP contribution in [0.5, 0.6) is 0 Å². The van der Waals surface area contributed by atoms with E-state index >= 15 is 0 Å². The Morgan fingerprint density at radius 2 is 2.04 bits per heavy atom. The van der Waals surface area contributed by atoms with Crippen LogP contribution in [0.25, 0.3) is 4.91 Å². The SMILES string of the molecule is C=CS/C(=C\C)c1ccc(N)c(NC(=O)N2CCN(C)CC2)c1. The third-order valence-corrected chi connectivity index (χ3v) is 4.73. The van der Waals surface area contributed by atoms with E-state index in [1.807, 2.05) is 36.1 Å². The number of nitrogens with zero attached hydrogens (tertiary/aromatic N) is 2. The minimum absolute atomic E-state index is 0.0969. The van der Waals surface area contributed by atoms with Crippen molar-refractivity contribution in [3.05, 3.63) is 41.8 Å². The van der Waals surface area contributed by atoms with Gasteiger partial charge in [-0.25, -0.2) is 4.79 Å². The Morgan fingerprint density at radius 1 is 1.35 bits per heavy atom. The number of thioether (sulfide) groups is 1. The average Bonchev–Trinajstić information content (AvgIpc) is 2.55. The van der Waals surface area contributed by atoms with E-state index in [1.54, 1.807) is 17.2 Å². The topological polar surface area (TPSA) is 61.6 Å². The molecule has 1 aromatic rings. The van der Waals surface area contributed by atoms with Crippen LogP contribution in [-0.4, -0.2) is 49.1 Å². The molecule has 0 unspecified atom stereocenters. The molecule has 124 valence electrons. The van der Waals surface area contributed by atoms with Crippen molar-refractivity contribution in [3.8, 4) is 0 Å². The van der Waals surface area contributed by atoms with E-state index in [2.05, 4.69) is 23.8 Å². The number of nitrogens with one attached hydrogen (secondary N) is 1. The van der Waals surface area contributed by atoms with Gasteiger partial charge in [0.25, 0.3) is 0 Å². The highest BCUT2D eigenvalue weighted by Crippen LogP contribution is 2.31. The zero-order chi connectivity index (χ0) is 16.8.